The van der Waals surface area contributed by atoms with Gasteiger partial charge < -0.3 is 21.1 Å². The topological polar surface area (TPSA) is 62.5 Å². The Morgan fingerprint density at radius 3 is 2.62 bits per heavy atom. The SMILES string of the molecule is CCOc1ccc(NC(=S)N2c3ccccc3CCC2NC(N)=S)cc1. The minimum atomic E-state index is -0.0786. The summed E-state index contributed by atoms with van der Waals surface area (Å²) in [5.74, 6) is 0.834. The number of nitrogens with zero attached hydrogens (tertiary/aromatic N) is 1. The van der Waals surface area contributed by atoms with E-state index >= 15 is 0 Å². The van der Waals surface area contributed by atoms with Gasteiger partial charge in [-0.25, -0.2) is 0 Å². The van der Waals surface area contributed by atoms with Gasteiger partial charge in [0.1, 0.15) is 11.9 Å². The lowest BCUT2D eigenvalue weighted by Crippen LogP contribution is -2.55. The van der Waals surface area contributed by atoms with Crippen molar-refractivity contribution < 1.29 is 4.74 Å². The summed E-state index contributed by atoms with van der Waals surface area (Å²) in [6.45, 7) is 2.60. The van der Waals surface area contributed by atoms with Crippen molar-refractivity contribution in [2.45, 2.75) is 25.9 Å². The van der Waals surface area contributed by atoms with Crippen LogP contribution in [0.5, 0.6) is 5.75 Å². The molecule has 0 radical (unpaired) electrons. The van der Waals surface area contributed by atoms with Gasteiger partial charge in [0, 0.05) is 11.4 Å². The first-order valence-corrected chi connectivity index (χ1v) is 9.37. The smallest absolute Gasteiger partial charge is 0.179 e. The molecule has 26 heavy (non-hydrogen) atoms. The van der Waals surface area contributed by atoms with E-state index in [1.54, 1.807) is 0 Å². The summed E-state index contributed by atoms with van der Waals surface area (Å²) in [5.41, 5.74) is 8.94. The number of ether oxygens (including phenoxy) is 1. The fourth-order valence-corrected chi connectivity index (χ4v) is 3.56. The Kier molecular flexibility index (Phi) is 5.90. The molecular weight excluding hydrogens is 364 g/mol. The number of rotatable bonds is 4. The normalized spacial score (nSPS) is 15.7. The number of para-hydroxylation sites is 1. The number of fused-ring (bicyclic) bond motifs is 1. The molecule has 0 aromatic heterocycles. The predicted molar refractivity (Wildman–Crippen MR) is 115 cm³/mol. The molecule has 1 aliphatic heterocycles. The standard InChI is InChI=1S/C19H22N4OS2/c1-2-24-15-10-8-14(9-11-15)21-19(26)23-16-6-4-3-5-13(16)7-12-17(23)22-18(20)25/h3-6,8-11,17H,2,7,12H2,1H3,(H,21,26)(H3,20,22,25). The molecule has 0 saturated heterocycles. The number of nitrogens with two attached hydrogens (primary N) is 1. The first-order chi connectivity index (χ1) is 12.6. The molecule has 1 heterocycles. The van der Waals surface area contributed by atoms with Gasteiger partial charge in [-0.05, 0) is 80.1 Å². The van der Waals surface area contributed by atoms with Crippen molar-refractivity contribution in [2.75, 3.05) is 16.8 Å². The third-order valence-corrected chi connectivity index (χ3v) is 4.61. The first-order valence-electron chi connectivity index (χ1n) is 8.55. The largest absolute Gasteiger partial charge is 0.494 e. The highest BCUT2D eigenvalue weighted by Crippen LogP contribution is 2.30. The summed E-state index contributed by atoms with van der Waals surface area (Å²) in [6.07, 6.45) is 1.73. The number of benzene rings is 2. The van der Waals surface area contributed by atoms with E-state index in [0.717, 1.165) is 30.0 Å². The number of hydrogen-bond acceptors (Lipinski definition) is 3. The zero-order valence-corrected chi connectivity index (χ0v) is 16.2. The second-order valence-electron chi connectivity index (χ2n) is 5.95. The van der Waals surface area contributed by atoms with Crippen molar-refractivity contribution in [1.82, 2.24) is 5.32 Å². The minimum absolute atomic E-state index is 0.0786. The van der Waals surface area contributed by atoms with Crippen molar-refractivity contribution >= 4 is 46.0 Å². The molecule has 1 unspecified atom stereocenters. The van der Waals surface area contributed by atoms with Gasteiger partial charge in [0.05, 0.1) is 6.61 Å². The molecule has 3 rings (SSSR count). The van der Waals surface area contributed by atoms with Gasteiger partial charge in [0.25, 0.3) is 0 Å². The molecule has 4 N–H and O–H groups in total. The fraction of sp³-hybridized carbons (Fsp3) is 0.263. The van der Waals surface area contributed by atoms with Crippen LogP contribution in [-0.2, 0) is 6.42 Å². The lowest BCUT2D eigenvalue weighted by atomic mass is 10.00. The summed E-state index contributed by atoms with van der Waals surface area (Å²) < 4.78 is 5.48. The van der Waals surface area contributed by atoms with Crippen molar-refractivity contribution in [2.24, 2.45) is 5.73 Å². The maximum atomic E-state index is 5.72. The number of anilines is 2. The van der Waals surface area contributed by atoms with Crippen LogP contribution in [0.4, 0.5) is 11.4 Å². The van der Waals surface area contributed by atoms with Crippen LogP contribution in [0.15, 0.2) is 48.5 Å². The molecular formula is C19H22N4OS2. The van der Waals surface area contributed by atoms with E-state index < -0.39 is 0 Å². The van der Waals surface area contributed by atoms with Crippen LogP contribution in [0.1, 0.15) is 18.9 Å². The molecule has 0 spiro atoms. The average molecular weight is 387 g/mol. The van der Waals surface area contributed by atoms with Crippen LogP contribution in [0.3, 0.4) is 0 Å². The summed E-state index contributed by atoms with van der Waals surface area (Å²) >= 11 is 10.8. The molecule has 0 saturated carbocycles. The quantitative estimate of drug-likeness (QED) is 0.696. The summed E-state index contributed by atoms with van der Waals surface area (Å²) in [4.78, 5) is 2.05. The molecule has 1 atom stereocenters. The molecule has 0 amide bonds. The Balaban J connectivity index is 1.82. The van der Waals surface area contributed by atoms with Crippen LogP contribution < -0.4 is 26.0 Å². The Labute approximate surface area is 164 Å². The van der Waals surface area contributed by atoms with Gasteiger partial charge in [-0.2, -0.15) is 0 Å². The Hall–Kier alpha value is -2.38. The number of hydrogen-bond donors (Lipinski definition) is 3. The zero-order valence-electron chi connectivity index (χ0n) is 14.6. The molecule has 2 aromatic rings. The summed E-state index contributed by atoms with van der Waals surface area (Å²) in [7, 11) is 0. The Morgan fingerprint density at radius 2 is 1.92 bits per heavy atom. The van der Waals surface area contributed by atoms with Crippen LogP contribution >= 0.6 is 24.4 Å². The second-order valence-corrected chi connectivity index (χ2v) is 6.78. The average Bonchev–Trinajstić information content (AvgIpc) is 2.63. The van der Waals surface area contributed by atoms with Gasteiger partial charge in [-0.1, -0.05) is 18.2 Å². The van der Waals surface area contributed by atoms with Gasteiger partial charge in [0.2, 0.25) is 0 Å². The zero-order chi connectivity index (χ0) is 18.5. The number of aryl methyl sites for hydroxylation is 1. The molecule has 0 aliphatic carbocycles. The summed E-state index contributed by atoms with van der Waals surface area (Å²) in [6, 6.07) is 16.0. The molecule has 5 nitrogen and oxygen atoms in total. The highest BCUT2D eigenvalue weighted by atomic mass is 32.1. The molecule has 0 fully saturated rings. The fourth-order valence-electron chi connectivity index (χ4n) is 3.08. The molecule has 1 aliphatic rings. The van der Waals surface area contributed by atoms with E-state index in [9.17, 15) is 0 Å². The van der Waals surface area contributed by atoms with E-state index in [1.807, 2.05) is 48.2 Å². The van der Waals surface area contributed by atoms with Crippen molar-refractivity contribution in [3.05, 3.63) is 54.1 Å². The van der Waals surface area contributed by atoms with E-state index in [2.05, 4.69) is 22.8 Å². The van der Waals surface area contributed by atoms with Crippen molar-refractivity contribution in [1.29, 1.82) is 0 Å². The lowest BCUT2D eigenvalue weighted by molar-refractivity contribution is 0.340. The van der Waals surface area contributed by atoms with Crippen molar-refractivity contribution in [3.8, 4) is 5.75 Å². The maximum Gasteiger partial charge on any atom is 0.179 e. The van der Waals surface area contributed by atoms with Crippen LogP contribution in [-0.4, -0.2) is 23.0 Å². The maximum absolute atomic E-state index is 5.72. The molecule has 136 valence electrons. The van der Waals surface area contributed by atoms with E-state index in [4.69, 9.17) is 34.9 Å². The molecule has 7 heteroatoms. The highest BCUT2D eigenvalue weighted by Gasteiger charge is 2.29. The predicted octanol–water partition coefficient (Wildman–Crippen LogP) is 3.39. The third-order valence-electron chi connectivity index (χ3n) is 4.19. The lowest BCUT2D eigenvalue weighted by Gasteiger charge is -2.39. The number of thiocarbonyl (C=S) groups is 2. The van der Waals surface area contributed by atoms with Crippen LogP contribution in [0.25, 0.3) is 0 Å². The van der Waals surface area contributed by atoms with Crippen molar-refractivity contribution in [3.63, 3.8) is 0 Å². The highest BCUT2D eigenvalue weighted by molar-refractivity contribution is 7.81. The van der Waals surface area contributed by atoms with E-state index in [1.165, 1.54) is 5.56 Å². The molecule has 0 bridgehead atoms. The minimum Gasteiger partial charge on any atom is -0.494 e. The second kappa shape index (κ2) is 8.33. The first kappa shape index (κ1) is 18.4. The van der Waals surface area contributed by atoms with E-state index in [-0.39, 0.29) is 11.3 Å². The van der Waals surface area contributed by atoms with Crippen LogP contribution in [0.2, 0.25) is 0 Å². The van der Waals surface area contributed by atoms with Crippen LogP contribution in [0, 0.1) is 0 Å². The van der Waals surface area contributed by atoms with Gasteiger partial charge in [-0.15, -0.1) is 0 Å². The van der Waals surface area contributed by atoms with E-state index in [0.29, 0.717) is 11.7 Å². The summed E-state index contributed by atoms with van der Waals surface area (Å²) in [5, 5.41) is 7.32. The molecule has 2 aromatic carbocycles. The van der Waals surface area contributed by atoms with Gasteiger partial charge >= 0.3 is 0 Å². The van der Waals surface area contributed by atoms with Gasteiger partial charge in [-0.3, -0.25) is 4.90 Å². The Bertz CT molecular complexity index is 794. The monoisotopic (exact) mass is 386 g/mol. The third kappa shape index (κ3) is 4.23. The number of nitrogens with one attached hydrogen (secondary N) is 2. The van der Waals surface area contributed by atoms with Gasteiger partial charge in [0.15, 0.2) is 10.2 Å². The Morgan fingerprint density at radius 1 is 1.19 bits per heavy atom.